The number of methoxy groups -OCH3 is 1. The van der Waals surface area contributed by atoms with Crippen LogP contribution in [-0.2, 0) is 11.2 Å². The summed E-state index contributed by atoms with van der Waals surface area (Å²) in [6.45, 7) is 6.69. The summed E-state index contributed by atoms with van der Waals surface area (Å²) in [5.41, 5.74) is 4.10. The van der Waals surface area contributed by atoms with E-state index < -0.39 is 0 Å². The Bertz CT molecular complexity index is 440. The second-order valence-electron chi connectivity index (χ2n) is 5.15. The van der Waals surface area contributed by atoms with Crippen LogP contribution in [0.4, 0.5) is 0 Å². The number of benzene rings is 1. The van der Waals surface area contributed by atoms with Crippen molar-refractivity contribution in [3.8, 4) is 0 Å². The zero-order chi connectivity index (χ0) is 12.7. The molecule has 0 aliphatic heterocycles. The van der Waals surface area contributed by atoms with E-state index in [1.165, 1.54) is 25.6 Å². The molecule has 0 saturated heterocycles. The number of fused-ring (bicyclic) bond motifs is 1. The zero-order valence-corrected chi connectivity index (χ0v) is 13.9. The van der Waals surface area contributed by atoms with Crippen LogP contribution in [0.1, 0.15) is 49.5 Å². The van der Waals surface area contributed by atoms with Crippen molar-refractivity contribution in [2.75, 3.05) is 7.11 Å². The van der Waals surface area contributed by atoms with Crippen LogP contribution in [0.15, 0.2) is 15.0 Å². The molecule has 1 aromatic rings. The smallest absolute Gasteiger partial charge is 0.0863 e. The Morgan fingerprint density at radius 1 is 1.35 bits per heavy atom. The van der Waals surface area contributed by atoms with Gasteiger partial charge in [-0.05, 0) is 41.0 Å². The lowest BCUT2D eigenvalue weighted by molar-refractivity contribution is 0.0690. The largest absolute Gasteiger partial charge is 0.376 e. The molecule has 2 unspecified atom stereocenters. The molecule has 0 saturated carbocycles. The molecule has 1 aliphatic rings. The summed E-state index contributed by atoms with van der Waals surface area (Å²) in [5.74, 6) is 1.06. The summed E-state index contributed by atoms with van der Waals surface area (Å²) < 4.78 is 8.14. The summed E-state index contributed by atoms with van der Waals surface area (Å²) in [4.78, 5) is 0. The Morgan fingerprint density at radius 3 is 2.53 bits per heavy atom. The highest BCUT2D eigenvalue weighted by Crippen LogP contribution is 2.47. The monoisotopic (exact) mass is 360 g/mol. The van der Waals surface area contributed by atoms with Crippen LogP contribution in [0.5, 0.6) is 0 Å². The first-order valence-corrected chi connectivity index (χ1v) is 7.59. The maximum atomic E-state index is 5.67. The van der Waals surface area contributed by atoms with Crippen molar-refractivity contribution in [2.45, 2.75) is 39.2 Å². The van der Waals surface area contributed by atoms with Gasteiger partial charge >= 0.3 is 0 Å². The van der Waals surface area contributed by atoms with E-state index in [2.05, 4.69) is 58.7 Å². The zero-order valence-electron chi connectivity index (χ0n) is 10.7. The fourth-order valence-corrected chi connectivity index (χ4v) is 4.35. The van der Waals surface area contributed by atoms with E-state index in [4.69, 9.17) is 4.74 Å². The Hall–Kier alpha value is 0.140. The summed E-state index contributed by atoms with van der Waals surface area (Å²) in [6.07, 6.45) is 1.31. The molecule has 0 N–H and O–H groups in total. The number of hydrogen-bond donors (Lipinski definition) is 0. The van der Waals surface area contributed by atoms with E-state index >= 15 is 0 Å². The first-order valence-electron chi connectivity index (χ1n) is 6.00. The van der Waals surface area contributed by atoms with Gasteiger partial charge < -0.3 is 4.74 Å². The number of hydrogen-bond acceptors (Lipinski definition) is 1. The minimum atomic E-state index is 0.217. The predicted molar refractivity (Wildman–Crippen MR) is 78.5 cm³/mol. The maximum Gasteiger partial charge on any atom is 0.0863 e. The SMILES string of the molecule is COC1c2c(Br)c(C(C)C)cc(Br)c2CC1C. The molecule has 0 fully saturated rings. The number of halogens is 2. The highest BCUT2D eigenvalue weighted by Gasteiger charge is 2.34. The van der Waals surface area contributed by atoms with Gasteiger partial charge in [-0.2, -0.15) is 0 Å². The van der Waals surface area contributed by atoms with Crippen LogP contribution < -0.4 is 0 Å². The highest BCUT2D eigenvalue weighted by molar-refractivity contribution is 9.11. The lowest BCUT2D eigenvalue weighted by atomic mass is 9.97. The predicted octanol–water partition coefficient (Wildman–Crippen LogP) is 5.21. The number of ether oxygens (including phenoxy) is 1. The normalized spacial score (nSPS) is 23.2. The second kappa shape index (κ2) is 5.02. The molecule has 2 atom stereocenters. The number of rotatable bonds is 2. The van der Waals surface area contributed by atoms with Gasteiger partial charge in [0.1, 0.15) is 0 Å². The van der Waals surface area contributed by atoms with Crippen LogP contribution in [-0.4, -0.2) is 7.11 Å². The molecular weight excluding hydrogens is 344 g/mol. The average molecular weight is 362 g/mol. The van der Waals surface area contributed by atoms with Gasteiger partial charge in [-0.3, -0.25) is 0 Å². The maximum absolute atomic E-state index is 5.67. The average Bonchev–Trinajstić information content (AvgIpc) is 2.60. The molecule has 1 aromatic carbocycles. The third-order valence-corrected chi connectivity index (χ3v) is 5.18. The van der Waals surface area contributed by atoms with Gasteiger partial charge in [0, 0.05) is 16.1 Å². The Balaban J connectivity index is 2.63. The third kappa shape index (κ3) is 2.22. The van der Waals surface area contributed by atoms with Gasteiger partial charge in [0.05, 0.1) is 6.10 Å². The highest BCUT2D eigenvalue weighted by atomic mass is 79.9. The quantitative estimate of drug-likeness (QED) is 0.702. The van der Waals surface area contributed by atoms with Crippen LogP contribution in [0.25, 0.3) is 0 Å². The molecule has 94 valence electrons. The molecule has 0 heterocycles. The van der Waals surface area contributed by atoms with Crippen molar-refractivity contribution < 1.29 is 4.74 Å². The van der Waals surface area contributed by atoms with Crippen molar-refractivity contribution in [2.24, 2.45) is 5.92 Å². The van der Waals surface area contributed by atoms with Crippen LogP contribution in [0, 0.1) is 5.92 Å². The molecule has 3 heteroatoms. The molecule has 17 heavy (non-hydrogen) atoms. The summed E-state index contributed by atoms with van der Waals surface area (Å²) in [7, 11) is 1.80. The Kier molecular flexibility index (Phi) is 4.01. The summed E-state index contributed by atoms with van der Waals surface area (Å²) in [6, 6.07) is 2.25. The Labute approximate surface area is 120 Å². The fourth-order valence-electron chi connectivity index (χ4n) is 2.69. The Morgan fingerprint density at radius 2 is 2.00 bits per heavy atom. The molecule has 0 bridgehead atoms. The first kappa shape index (κ1) is 13.6. The van der Waals surface area contributed by atoms with E-state index in [1.807, 2.05) is 0 Å². The lowest BCUT2D eigenvalue weighted by Gasteiger charge is -2.19. The minimum absolute atomic E-state index is 0.217. The van der Waals surface area contributed by atoms with Crippen molar-refractivity contribution in [3.05, 3.63) is 31.7 Å². The second-order valence-corrected chi connectivity index (χ2v) is 6.79. The molecule has 0 aromatic heterocycles. The van der Waals surface area contributed by atoms with Gasteiger partial charge in [0.2, 0.25) is 0 Å². The molecule has 0 spiro atoms. The van der Waals surface area contributed by atoms with E-state index in [0.29, 0.717) is 11.8 Å². The van der Waals surface area contributed by atoms with E-state index in [1.54, 1.807) is 7.11 Å². The minimum Gasteiger partial charge on any atom is -0.376 e. The van der Waals surface area contributed by atoms with Gasteiger partial charge in [-0.1, -0.05) is 52.6 Å². The van der Waals surface area contributed by atoms with E-state index in [-0.39, 0.29) is 6.10 Å². The van der Waals surface area contributed by atoms with Crippen LogP contribution >= 0.6 is 31.9 Å². The van der Waals surface area contributed by atoms with E-state index in [0.717, 1.165) is 6.42 Å². The van der Waals surface area contributed by atoms with Crippen molar-refractivity contribution in [1.82, 2.24) is 0 Å². The van der Waals surface area contributed by atoms with E-state index in [9.17, 15) is 0 Å². The van der Waals surface area contributed by atoms with Crippen molar-refractivity contribution in [1.29, 1.82) is 0 Å². The van der Waals surface area contributed by atoms with Crippen molar-refractivity contribution in [3.63, 3.8) is 0 Å². The fraction of sp³-hybridized carbons (Fsp3) is 0.571. The molecular formula is C14H18Br2O. The molecule has 2 rings (SSSR count). The molecule has 0 radical (unpaired) electrons. The summed E-state index contributed by atoms with van der Waals surface area (Å²) >= 11 is 7.48. The first-order chi connectivity index (χ1) is 7.97. The summed E-state index contributed by atoms with van der Waals surface area (Å²) in [5, 5.41) is 0. The third-order valence-electron chi connectivity index (χ3n) is 3.59. The van der Waals surface area contributed by atoms with Crippen molar-refractivity contribution >= 4 is 31.9 Å². The van der Waals surface area contributed by atoms with Crippen LogP contribution in [0.3, 0.4) is 0 Å². The molecule has 0 amide bonds. The van der Waals surface area contributed by atoms with Gasteiger partial charge in [0.15, 0.2) is 0 Å². The van der Waals surface area contributed by atoms with Gasteiger partial charge in [0.25, 0.3) is 0 Å². The van der Waals surface area contributed by atoms with Gasteiger partial charge in [-0.25, -0.2) is 0 Å². The van der Waals surface area contributed by atoms with Crippen LogP contribution in [0.2, 0.25) is 0 Å². The molecule has 1 aliphatic carbocycles. The standard InChI is InChI=1S/C14H18Br2O/c1-7(2)9-6-11(15)10-5-8(3)14(17-4)12(10)13(9)16/h6-8,14H,5H2,1-4H3. The lowest BCUT2D eigenvalue weighted by Crippen LogP contribution is -2.06. The molecule has 1 nitrogen and oxygen atoms in total. The van der Waals surface area contributed by atoms with Gasteiger partial charge in [-0.15, -0.1) is 0 Å². The topological polar surface area (TPSA) is 9.23 Å².